The van der Waals surface area contributed by atoms with Gasteiger partial charge in [0.25, 0.3) is 0 Å². The van der Waals surface area contributed by atoms with Gasteiger partial charge in [-0.1, -0.05) is 6.07 Å². The molecule has 0 radical (unpaired) electrons. The van der Waals surface area contributed by atoms with Crippen LogP contribution in [0.3, 0.4) is 0 Å². The van der Waals surface area contributed by atoms with Crippen LogP contribution in [0, 0.1) is 0 Å². The van der Waals surface area contributed by atoms with Gasteiger partial charge in [-0.25, -0.2) is 4.98 Å². The average Bonchev–Trinajstić information content (AvgIpc) is 3.24. The Hall–Kier alpha value is -3.29. The van der Waals surface area contributed by atoms with Crippen LogP contribution >= 0.6 is 0 Å². The third-order valence-electron chi connectivity index (χ3n) is 4.63. The Bertz CT molecular complexity index is 947. The van der Waals surface area contributed by atoms with E-state index < -0.39 is 0 Å². The predicted molar refractivity (Wildman–Crippen MR) is 102 cm³/mol. The van der Waals surface area contributed by atoms with Crippen molar-refractivity contribution in [2.45, 2.75) is 32.4 Å². The molecule has 8 heteroatoms. The van der Waals surface area contributed by atoms with Crippen molar-refractivity contribution in [2.24, 2.45) is 0 Å². The number of benzene rings is 1. The second kappa shape index (κ2) is 7.14. The van der Waals surface area contributed by atoms with E-state index in [9.17, 15) is 0 Å². The SMILES string of the molecule is COc1cc(Cc2cnc(N)nc2N)ccc1OCc1cc2n(n1)CCC2. The summed E-state index contributed by atoms with van der Waals surface area (Å²) in [6.07, 6.45) is 4.48. The molecule has 2 aromatic heterocycles. The number of aromatic nitrogens is 4. The maximum absolute atomic E-state index is 5.93. The molecular weight excluding hydrogens is 344 g/mol. The molecule has 0 spiro atoms. The first kappa shape index (κ1) is 17.1. The number of fused-ring (bicyclic) bond motifs is 1. The van der Waals surface area contributed by atoms with E-state index in [0.29, 0.717) is 30.3 Å². The summed E-state index contributed by atoms with van der Waals surface area (Å²) < 4.78 is 13.5. The number of methoxy groups -OCH3 is 1. The number of hydrogen-bond acceptors (Lipinski definition) is 7. The van der Waals surface area contributed by atoms with Gasteiger partial charge in [0.05, 0.1) is 7.11 Å². The zero-order valence-corrected chi connectivity index (χ0v) is 15.2. The Kier molecular flexibility index (Phi) is 4.53. The van der Waals surface area contributed by atoms with Gasteiger partial charge in [-0.3, -0.25) is 4.68 Å². The maximum Gasteiger partial charge on any atom is 0.221 e. The molecule has 4 N–H and O–H groups in total. The molecule has 0 unspecified atom stereocenters. The van der Waals surface area contributed by atoms with Crippen molar-refractivity contribution in [1.82, 2.24) is 19.7 Å². The second-order valence-corrected chi connectivity index (χ2v) is 6.54. The molecule has 0 bridgehead atoms. The van der Waals surface area contributed by atoms with Gasteiger partial charge in [0.1, 0.15) is 18.1 Å². The topological polar surface area (TPSA) is 114 Å². The molecule has 1 aromatic carbocycles. The predicted octanol–water partition coefficient (Wildman–Crippen LogP) is 1.96. The third-order valence-corrected chi connectivity index (χ3v) is 4.63. The minimum absolute atomic E-state index is 0.169. The van der Waals surface area contributed by atoms with Crippen molar-refractivity contribution in [3.8, 4) is 11.5 Å². The van der Waals surface area contributed by atoms with Gasteiger partial charge in [-0.15, -0.1) is 0 Å². The lowest BCUT2D eigenvalue weighted by molar-refractivity contribution is 0.279. The fraction of sp³-hybridized carbons (Fsp3) is 0.316. The van der Waals surface area contributed by atoms with Crippen LogP contribution in [0.25, 0.3) is 0 Å². The highest BCUT2D eigenvalue weighted by Gasteiger charge is 2.15. The number of nitrogen functional groups attached to an aromatic ring is 2. The lowest BCUT2D eigenvalue weighted by Gasteiger charge is -2.12. The van der Waals surface area contributed by atoms with Crippen LogP contribution < -0.4 is 20.9 Å². The molecule has 0 atom stereocenters. The molecule has 0 aliphatic carbocycles. The van der Waals surface area contributed by atoms with Crippen molar-refractivity contribution in [1.29, 1.82) is 0 Å². The Morgan fingerprint density at radius 2 is 2.07 bits per heavy atom. The quantitative estimate of drug-likeness (QED) is 0.685. The Morgan fingerprint density at radius 1 is 1.19 bits per heavy atom. The number of nitrogens with two attached hydrogens (primary N) is 2. The van der Waals surface area contributed by atoms with Crippen LogP contribution in [0.5, 0.6) is 11.5 Å². The van der Waals surface area contributed by atoms with E-state index >= 15 is 0 Å². The number of anilines is 2. The second-order valence-electron chi connectivity index (χ2n) is 6.54. The van der Waals surface area contributed by atoms with E-state index in [0.717, 1.165) is 29.8 Å². The summed E-state index contributed by atoms with van der Waals surface area (Å²) in [5.74, 6) is 1.89. The molecule has 1 aliphatic heterocycles. The highest BCUT2D eigenvalue weighted by atomic mass is 16.5. The minimum atomic E-state index is 0.169. The summed E-state index contributed by atoms with van der Waals surface area (Å²) in [5, 5.41) is 4.56. The summed E-state index contributed by atoms with van der Waals surface area (Å²) in [6.45, 7) is 1.40. The minimum Gasteiger partial charge on any atom is -0.493 e. The van der Waals surface area contributed by atoms with Gasteiger partial charge in [0, 0.05) is 30.4 Å². The van der Waals surface area contributed by atoms with Crippen molar-refractivity contribution < 1.29 is 9.47 Å². The molecular formula is C19H22N6O2. The number of ether oxygens (including phenoxy) is 2. The summed E-state index contributed by atoms with van der Waals surface area (Å²) >= 11 is 0. The van der Waals surface area contributed by atoms with Crippen LogP contribution in [0.15, 0.2) is 30.5 Å². The Morgan fingerprint density at radius 3 is 2.85 bits per heavy atom. The average molecular weight is 366 g/mol. The molecule has 27 heavy (non-hydrogen) atoms. The number of nitrogens with zero attached hydrogens (tertiary/aromatic N) is 4. The largest absolute Gasteiger partial charge is 0.493 e. The fourth-order valence-corrected chi connectivity index (χ4v) is 3.27. The third kappa shape index (κ3) is 3.64. The molecule has 3 aromatic rings. The van der Waals surface area contributed by atoms with Gasteiger partial charge < -0.3 is 20.9 Å². The van der Waals surface area contributed by atoms with E-state index in [2.05, 4.69) is 25.8 Å². The van der Waals surface area contributed by atoms with E-state index in [1.807, 2.05) is 18.2 Å². The van der Waals surface area contributed by atoms with E-state index in [1.54, 1.807) is 13.3 Å². The molecule has 1 aliphatic rings. The van der Waals surface area contributed by atoms with Gasteiger partial charge in [-0.2, -0.15) is 10.1 Å². The van der Waals surface area contributed by atoms with Crippen LogP contribution in [-0.4, -0.2) is 26.9 Å². The Labute approximate surface area is 157 Å². The molecule has 0 saturated heterocycles. The number of hydrogen-bond donors (Lipinski definition) is 2. The molecule has 140 valence electrons. The summed E-state index contributed by atoms with van der Waals surface area (Å²) in [6, 6.07) is 7.91. The Balaban J connectivity index is 1.47. The van der Waals surface area contributed by atoms with E-state index in [4.69, 9.17) is 20.9 Å². The van der Waals surface area contributed by atoms with Crippen molar-refractivity contribution in [2.75, 3.05) is 18.6 Å². The summed E-state index contributed by atoms with van der Waals surface area (Å²) in [4.78, 5) is 8.00. The van der Waals surface area contributed by atoms with Crippen LogP contribution in [0.2, 0.25) is 0 Å². The summed E-state index contributed by atoms with van der Waals surface area (Å²) in [7, 11) is 1.62. The smallest absolute Gasteiger partial charge is 0.221 e. The maximum atomic E-state index is 5.93. The first-order valence-electron chi connectivity index (χ1n) is 8.84. The molecule has 0 fully saturated rings. The van der Waals surface area contributed by atoms with Crippen LogP contribution in [0.4, 0.5) is 11.8 Å². The van der Waals surface area contributed by atoms with Gasteiger partial charge in [0.15, 0.2) is 11.5 Å². The van der Waals surface area contributed by atoms with Gasteiger partial charge >= 0.3 is 0 Å². The van der Waals surface area contributed by atoms with Gasteiger partial charge in [0.2, 0.25) is 5.95 Å². The first-order valence-corrected chi connectivity index (χ1v) is 8.84. The highest BCUT2D eigenvalue weighted by Crippen LogP contribution is 2.30. The van der Waals surface area contributed by atoms with Crippen LogP contribution in [0.1, 0.15) is 28.9 Å². The van der Waals surface area contributed by atoms with Crippen molar-refractivity contribution in [3.05, 3.63) is 53.0 Å². The number of aryl methyl sites for hydroxylation is 2. The van der Waals surface area contributed by atoms with E-state index in [-0.39, 0.29) is 5.95 Å². The molecule has 0 saturated carbocycles. The first-order chi connectivity index (χ1) is 13.1. The normalized spacial score (nSPS) is 12.8. The van der Waals surface area contributed by atoms with Crippen molar-refractivity contribution in [3.63, 3.8) is 0 Å². The summed E-state index contributed by atoms with van der Waals surface area (Å²) in [5.41, 5.74) is 15.5. The van der Waals surface area contributed by atoms with Crippen LogP contribution in [-0.2, 0) is 26.0 Å². The zero-order valence-electron chi connectivity index (χ0n) is 15.2. The standard InChI is InChI=1S/C19H22N6O2/c1-26-17-8-12(7-13-10-22-19(21)23-18(13)20)4-5-16(17)27-11-14-9-15-3-2-6-25(15)24-14/h4-5,8-10H,2-3,6-7,11H2,1H3,(H4,20,21,22,23). The molecule has 0 amide bonds. The monoisotopic (exact) mass is 366 g/mol. The zero-order chi connectivity index (χ0) is 18.8. The highest BCUT2D eigenvalue weighted by molar-refractivity contribution is 5.48. The molecule has 8 nitrogen and oxygen atoms in total. The van der Waals surface area contributed by atoms with E-state index in [1.165, 1.54) is 12.1 Å². The lowest BCUT2D eigenvalue weighted by Crippen LogP contribution is -2.04. The molecule has 4 rings (SSSR count). The number of rotatable bonds is 6. The molecule has 3 heterocycles. The lowest BCUT2D eigenvalue weighted by atomic mass is 10.1. The van der Waals surface area contributed by atoms with Crippen molar-refractivity contribution >= 4 is 11.8 Å². The fourth-order valence-electron chi connectivity index (χ4n) is 3.27. The van der Waals surface area contributed by atoms with Gasteiger partial charge in [-0.05, 0) is 36.6 Å².